The van der Waals surface area contributed by atoms with E-state index in [4.69, 9.17) is 0 Å². The third-order valence-electron chi connectivity index (χ3n) is 6.65. The minimum absolute atomic E-state index is 0.593. The zero-order valence-electron chi connectivity index (χ0n) is 19.3. The molecule has 0 fully saturated rings. The van der Waals surface area contributed by atoms with E-state index in [-0.39, 0.29) is 0 Å². The van der Waals surface area contributed by atoms with E-state index in [1.807, 2.05) is 0 Å². The maximum absolute atomic E-state index is 2.58. The van der Waals surface area contributed by atoms with Crippen LogP contribution in [0.5, 0.6) is 0 Å². The summed E-state index contributed by atoms with van der Waals surface area (Å²) in [5.74, 6) is 0. The first-order valence-electron chi connectivity index (χ1n) is 12.1. The summed E-state index contributed by atoms with van der Waals surface area (Å²) in [5.41, 5.74) is 5.15. The standard InChI is InChI=1S/C29H36N2/c1-4-6-9-16-23(15-7-5-2)30(3)27-21-14-22-28-29(27)25-19-12-13-20-26(25)31(28)24-17-10-8-11-18-24/h8,10-14,17-23H,4-7,9,15-16H2,1-3H3. The van der Waals surface area contributed by atoms with Gasteiger partial charge in [-0.2, -0.15) is 0 Å². The van der Waals surface area contributed by atoms with E-state index in [9.17, 15) is 0 Å². The van der Waals surface area contributed by atoms with E-state index in [1.54, 1.807) is 0 Å². The van der Waals surface area contributed by atoms with Crippen molar-refractivity contribution in [3.05, 3.63) is 72.8 Å². The largest absolute Gasteiger partial charge is 0.371 e. The van der Waals surface area contributed by atoms with Gasteiger partial charge in [0.15, 0.2) is 0 Å². The average Bonchev–Trinajstić information content (AvgIpc) is 3.16. The molecule has 2 heteroatoms. The molecule has 3 aromatic carbocycles. The Hall–Kier alpha value is -2.74. The molecule has 0 aliphatic carbocycles. The SMILES string of the molecule is CCCCCC(CCCC)N(C)c1cccc2c1c1ccccc1n2-c1ccccc1. The van der Waals surface area contributed by atoms with Gasteiger partial charge in [-0.1, -0.05) is 88.4 Å². The Labute approximate surface area is 187 Å². The Morgan fingerprint density at radius 1 is 0.710 bits per heavy atom. The molecular formula is C29H36N2. The molecule has 1 aromatic heterocycles. The summed E-state index contributed by atoms with van der Waals surface area (Å²) in [4.78, 5) is 2.58. The molecule has 1 unspecified atom stereocenters. The van der Waals surface area contributed by atoms with Crippen molar-refractivity contribution < 1.29 is 0 Å². The summed E-state index contributed by atoms with van der Waals surface area (Å²) in [7, 11) is 2.32. The Bertz CT molecular complexity index is 1110. The number of aromatic nitrogens is 1. The summed E-state index contributed by atoms with van der Waals surface area (Å²) in [6, 6.07) is 27.0. The smallest absolute Gasteiger partial charge is 0.0561 e. The molecule has 2 nitrogen and oxygen atoms in total. The summed E-state index contributed by atoms with van der Waals surface area (Å²) >= 11 is 0. The maximum Gasteiger partial charge on any atom is 0.0561 e. The Kier molecular flexibility index (Phi) is 6.96. The van der Waals surface area contributed by atoms with Crippen molar-refractivity contribution in [3.8, 4) is 5.69 Å². The van der Waals surface area contributed by atoms with Crippen molar-refractivity contribution in [3.63, 3.8) is 0 Å². The first-order valence-corrected chi connectivity index (χ1v) is 12.1. The van der Waals surface area contributed by atoms with Gasteiger partial charge in [-0.05, 0) is 43.2 Å². The molecule has 0 N–H and O–H groups in total. The Balaban J connectivity index is 1.85. The second kappa shape index (κ2) is 10.0. The molecule has 162 valence electrons. The molecule has 1 atom stereocenters. The minimum Gasteiger partial charge on any atom is -0.371 e. The van der Waals surface area contributed by atoms with Crippen LogP contribution in [0.1, 0.15) is 58.8 Å². The highest BCUT2D eigenvalue weighted by molar-refractivity contribution is 6.15. The Morgan fingerprint density at radius 2 is 1.39 bits per heavy atom. The van der Waals surface area contributed by atoms with E-state index >= 15 is 0 Å². The van der Waals surface area contributed by atoms with E-state index in [2.05, 4.69) is 103 Å². The van der Waals surface area contributed by atoms with Gasteiger partial charge in [-0.25, -0.2) is 0 Å². The van der Waals surface area contributed by atoms with Gasteiger partial charge in [0.25, 0.3) is 0 Å². The van der Waals surface area contributed by atoms with Crippen LogP contribution in [-0.4, -0.2) is 17.7 Å². The normalized spacial score (nSPS) is 12.5. The summed E-state index contributed by atoms with van der Waals surface area (Å²) in [6.45, 7) is 4.60. The highest BCUT2D eigenvalue weighted by atomic mass is 15.1. The molecule has 0 aliphatic heterocycles. The number of benzene rings is 3. The van der Waals surface area contributed by atoms with Crippen molar-refractivity contribution in [1.29, 1.82) is 0 Å². The van der Waals surface area contributed by atoms with Crippen LogP contribution in [0, 0.1) is 0 Å². The number of fused-ring (bicyclic) bond motifs is 3. The van der Waals surface area contributed by atoms with Gasteiger partial charge >= 0.3 is 0 Å². The second-order valence-corrected chi connectivity index (χ2v) is 8.76. The van der Waals surface area contributed by atoms with Crippen LogP contribution >= 0.6 is 0 Å². The number of hydrogen-bond acceptors (Lipinski definition) is 1. The van der Waals surface area contributed by atoms with E-state index in [0.29, 0.717) is 6.04 Å². The predicted molar refractivity (Wildman–Crippen MR) is 137 cm³/mol. The molecule has 0 saturated carbocycles. The first kappa shape index (κ1) is 21.5. The summed E-state index contributed by atoms with van der Waals surface area (Å²) in [6.07, 6.45) is 9.02. The molecule has 1 heterocycles. The van der Waals surface area contributed by atoms with Crippen molar-refractivity contribution in [1.82, 2.24) is 4.57 Å². The van der Waals surface area contributed by atoms with Crippen LogP contribution < -0.4 is 4.90 Å². The lowest BCUT2D eigenvalue weighted by Gasteiger charge is -2.31. The van der Waals surface area contributed by atoms with Gasteiger partial charge in [0.2, 0.25) is 0 Å². The maximum atomic E-state index is 2.58. The molecule has 0 saturated heterocycles. The summed E-state index contributed by atoms with van der Waals surface area (Å²) in [5, 5.41) is 2.72. The fourth-order valence-corrected chi connectivity index (χ4v) is 4.95. The number of hydrogen-bond donors (Lipinski definition) is 0. The van der Waals surface area contributed by atoms with Gasteiger partial charge in [-0.15, -0.1) is 0 Å². The third kappa shape index (κ3) is 4.35. The molecule has 0 aliphatic rings. The average molecular weight is 413 g/mol. The fourth-order valence-electron chi connectivity index (χ4n) is 4.95. The molecule has 0 bridgehead atoms. The van der Waals surface area contributed by atoms with Gasteiger partial charge in [0, 0.05) is 35.2 Å². The number of unbranched alkanes of at least 4 members (excludes halogenated alkanes) is 3. The quantitative estimate of drug-likeness (QED) is 0.238. The number of rotatable bonds is 10. The molecule has 0 radical (unpaired) electrons. The monoisotopic (exact) mass is 412 g/mol. The first-order chi connectivity index (χ1) is 15.3. The molecule has 0 amide bonds. The van der Waals surface area contributed by atoms with Crippen LogP contribution in [0.2, 0.25) is 0 Å². The highest BCUT2D eigenvalue weighted by Crippen LogP contribution is 2.38. The minimum atomic E-state index is 0.593. The van der Waals surface area contributed by atoms with E-state index < -0.39 is 0 Å². The lowest BCUT2D eigenvalue weighted by molar-refractivity contribution is 0.492. The lowest BCUT2D eigenvalue weighted by atomic mass is 10.00. The van der Waals surface area contributed by atoms with Crippen LogP contribution in [-0.2, 0) is 0 Å². The number of nitrogens with zero attached hydrogens (tertiary/aromatic N) is 2. The zero-order chi connectivity index (χ0) is 21.6. The lowest BCUT2D eigenvalue weighted by Crippen LogP contribution is -2.31. The predicted octanol–water partition coefficient (Wildman–Crippen LogP) is 8.36. The Morgan fingerprint density at radius 3 is 2.16 bits per heavy atom. The van der Waals surface area contributed by atoms with Crippen molar-refractivity contribution in [2.45, 2.75) is 64.8 Å². The number of anilines is 1. The molecular weight excluding hydrogens is 376 g/mol. The van der Waals surface area contributed by atoms with Crippen LogP contribution in [0.3, 0.4) is 0 Å². The van der Waals surface area contributed by atoms with Crippen LogP contribution in [0.4, 0.5) is 5.69 Å². The third-order valence-corrected chi connectivity index (χ3v) is 6.65. The fraction of sp³-hybridized carbons (Fsp3) is 0.379. The van der Waals surface area contributed by atoms with Crippen molar-refractivity contribution >= 4 is 27.5 Å². The van der Waals surface area contributed by atoms with Crippen LogP contribution in [0.25, 0.3) is 27.5 Å². The highest BCUT2D eigenvalue weighted by Gasteiger charge is 2.20. The molecule has 4 aromatic rings. The van der Waals surface area contributed by atoms with Crippen molar-refractivity contribution in [2.75, 3.05) is 11.9 Å². The van der Waals surface area contributed by atoms with Gasteiger partial charge < -0.3 is 9.47 Å². The van der Waals surface area contributed by atoms with Crippen LogP contribution in [0.15, 0.2) is 72.8 Å². The van der Waals surface area contributed by atoms with E-state index in [1.165, 1.54) is 78.1 Å². The topological polar surface area (TPSA) is 8.17 Å². The van der Waals surface area contributed by atoms with E-state index in [0.717, 1.165) is 0 Å². The summed E-state index contributed by atoms with van der Waals surface area (Å²) < 4.78 is 2.42. The van der Waals surface area contributed by atoms with Gasteiger partial charge in [0.05, 0.1) is 11.0 Å². The molecule has 4 rings (SSSR count). The second-order valence-electron chi connectivity index (χ2n) is 8.76. The van der Waals surface area contributed by atoms with Gasteiger partial charge in [0.1, 0.15) is 0 Å². The molecule has 0 spiro atoms. The number of para-hydroxylation sites is 2. The molecule has 31 heavy (non-hydrogen) atoms. The zero-order valence-corrected chi connectivity index (χ0v) is 19.3. The van der Waals surface area contributed by atoms with Gasteiger partial charge in [-0.3, -0.25) is 0 Å². The van der Waals surface area contributed by atoms with Crippen molar-refractivity contribution in [2.24, 2.45) is 0 Å².